The van der Waals surface area contributed by atoms with Crippen LogP contribution in [0.15, 0.2) is 18.2 Å². The molecule has 1 aromatic carbocycles. The lowest BCUT2D eigenvalue weighted by atomic mass is 9.78. The second-order valence-corrected chi connectivity index (χ2v) is 7.89. The Hall–Kier alpha value is -1.08. The lowest BCUT2D eigenvalue weighted by Crippen LogP contribution is -2.41. The molecule has 130 valence electrons. The van der Waals surface area contributed by atoms with Crippen molar-refractivity contribution in [3.63, 3.8) is 0 Å². The Morgan fingerprint density at radius 2 is 1.96 bits per heavy atom. The first kappa shape index (κ1) is 17.7. The molecule has 2 N–H and O–H groups in total. The maximum Gasteiger partial charge on any atom is 0.496 e. The molecular formula is C17H24BClN2O3. The maximum atomic E-state index is 12.5. The molecule has 1 atom stereocenters. The van der Waals surface area contributed by atoms with Crippen molar-refractivity contribution in [3.8, 4) is 0 Å². The van der Waals surface area contributed by atoms with Crippen LogP contribution < -0.4 is 16.1 Å². The number of benzene rings is 1. The SMILES string of the molecule is CC1(C)OB(c2cc(C(=O)N[C@H]3CCNC3)ccc2Cl)OC1(C)C. The first-order chi connectivity index (χ1) is 11.2. The van der Waals surface area contributed by atoms with E-state index in [4.69, 9.17) is 20.9 Å². The van der Waals surface area contributed by atoms with Crippen LogP contribution in [-0.4, -0.2) is 43.4 Å². The van der Waals surface area contributed by atoms with Gasteiger partial charge in [-0.1, -0.05) is 11.6 Å². The summed E-state index contributed by atoms with van der Waals surface area (Å²) in [6, 6.07) is 5.40. The molecule has 1 aromatic rings. The van der Waals surface area contributed by atoms with Crippen LogP contribution in [-0.2, 0) is 9.31 Å². The fourth-order valence-corrected chi connectivity index (χ4v) is 3.09. The van der Waals surface area contributed by atoms with Crippen molar-refractivity contribution in [2.45, 2.75) is 51.4 Å². The second-order valence-electron chi connectivity index (χ2n) is 7.49. The molecule has 2 heterocycles. The third-order valence-electron chi connectivity index (χ3n) is 5.16. The van der Waals surface area contributed by atoms with E-state index in [0.29, 0.717) is 16.0 Å². The maximum absolute atomic E-state index is 12.5. The molecule has 24 heavy (non-hydrogen) atoms. The van der Waals surface area contributed by atoms with Crippen LogP contribution in [0.5, 0.6) is 0 Å². The molecule has 2 saturated heterocycles. The molecule has 0 unspecified atom stereocenters. The highest BCUT2D eigenvalue weighted by Gasteiger charge is 2.52. The van der Waals surface area contributed by atoms with Gasteiger partial charge in [0.05, 0.1) is 11.2 Å². The largest absolute Gasteiger partial charge is 0.496 e. The summed E-state index contributed by atoms with van der Waals surface area (Å²) in [5, 5.41) is 6.81. The zero-order valence-corrected chi connectivity index (χ0v) is 15.4. The van der Waals surface area contributed by atoms with Crippen LogP contribution in [0.25, 0.3) is 0 Å². The Morgan fingerprint density at radius 1 is 1.29 bits per heavy atom. The number of hydrogen-bond acceptors (Lipinski definition) is 4. The van der Waals surface area contributed by atoms with Gasteiger partial charge < -0.3 is 19.9 Å². The van der Waals surface area contributed by atoms with Gasteiger partial charge in [-0.3, -0.25) is 4.79 Å². The van der Waals surface area contributed by atoms with Crippen LogP contribution in [0.2, 0.25) is 5.02 Å². The lowest BCUT2D eigenvalue weighted by Gasteiger charge is -2.32. The van der Waals surface area contributed by atoms with Crippen molar-refractivity contribution >= 4 is 30.1 Å². The number of amides is 1. The zero-order valence-electron chi connectivity index (χ0n) is 14.6. The Labute approximate surface area is 148 Å². The number of carbonyl (C=O) groups excluding carboxylic acids is 1. The third-order valence-corrected chi connectivity index (χ3v) is 5.51. The van der Waals surface area contributed by atoms with Gasteiger partial charge in [0.15, 0.2) is 0 Å². The highest BCUT2D eigenvalue weighted by molar-refractivity contribution is 6.65. The van der Waals surface area contributed by atoms with Gasteiger partial charge in [-0.25, -0.2) is 0 Å². The summed E-state index contributed by atoms with van der Waals surface area (Å²) < 4.78 is 12.1. The molecule has 2 fully saturated rings. The number of carbonyl (C=O) groups is 1. The number of hydrogen-bond donors (Lipinski definition) is 2. The predicted molar refractivity (Wildman–Crippen MR) is 95.9 cm³/mol. The van der Waals surface area contributed by atoms with Crippen LogP contribution in [0.4, 0.5) is 0 Å². The van der Waals surface area contributed by atoms with E-state index < -0.39 is 18.3 Å². The third kappa shape index (κ3) is 3.33. The topological polar surface area (TPSA) is 59.6 Å². The Balaban J connectivity index is 1.81. The summed E-state index contributed by atoms with van der Waals surface area (Å²) in [7, 11) is -0.580. The van der Waals surface area contributed by atoms with Gasteiger partial charge in [0.2, 0.25) is 0 Å². The molecule has 0 radical (unpaired) electrons. The Morgan fingerprint density at radius 3 is 2.54 bits per heavy atom. The zero-order chi connectivity index (χ0) is 17.5. The molecule has 2 aliphatic rings. The van der Waals surface area contributed by atoms with Gasteiger partial charge in [-0.05, 0) is 58.9 Å². The fourth-order valence-electron chi connectivity index (χ4n) is 2.88. The molecule has 0 spiro atoms. The molecule has 5 nitrogen and oxygen atoms in total. The second kappa shape index (κ2) is 6.34. The van der Waals surface area contributed by atoms with Gasteiger partial charge >= 0.3 is 7.12 Å². The Kier molecular flexibility index (Phi) is 4.68. The van der Waals surface area contributed by atoms with Gasteiger partial charge in [-0.15, -0.1) is 0 Å². The number of rotatable bonds is 3. The standard InChI is InChI=1S/C17H24BClN2O3/c1-16(2)17(3,4)24-18(23-16)13-9-11(5-6-14(13)19)15(22)21-12-7-8-20-10-12/h5-6,9,12,20H,7-8,10H2,1-4H3,(H,21,22)/t12-/m0/s1. The molecule has 0 bridgehead atoms. The predicted octanol–water partition coefficient (Wildman–Crippen LogP) is 1.73. The van der Waals surface area contributed by atoms with Gasteiger partial charge in [-0.2, -0.15) is 0 Å². The number of halogens is 1. The van der Waals surface area contributed by atoms with Crippen molar-refractivity contribution in [3.05, 3.63) is 28.8 Å². The highest BCUT2D eigenvalue weighted by Crippen LogP contribution is 2.37. The minimum atomic E-state index is -0.580. The van der Waals surface area contributed by atoms with Gasteiger partial charge in [0, 0.05) is 28.6 Å². The molecular weight excluding hydrogens is 326 g/mol. The molecule has 3 rings (SSSR count). The molecule has 0 aromatic heterocycles. The lowest BCUT2D eigenvalue weighted by molar-refractivity contribution is 0.00578. The Bertz CT molecular complexity index is 629. The minimum Gasteiger partial charge on any atom is -0.399 e. The van der Waals surface area contributed by atoms with Crippen molar-refractivity contribution < 1.29 is 14.1 Å². The monoisotopic (exact) mass is 350 g/mol. The molecule has 0 saturated carbocycles. The van der Waals surface area contributed by atoms with Crippen LogP contribution in [0.1, 0.15) is 44.5 Å². The first-order valence-corrected chi connectivity index (χ1v) is 8.74. The van der Waals surface area contributed by atoms with E-state index in [2.05, 4.69) is 10.6 Å². The fraction of sp³-hybridized carbons (Fsp3) is 0.588. The van der Waals surface area contributed by atoms with Crippen molar-refractivity contribution in [1.29, 1.82) is 0 Å². The van der Waals surface area contributed by atoms with E-state index in [1.54, 1.807) is 18.2 Å². The van der Waals surface area contributed by atoms with Crippen LogP contribution in [0, 0.1) is 0 Å². The van der Waals surface area contributed by atoms with E-state index in [1.807, 2.05) is 27.7 Å². The summed E-state index contributed by atoms with van der Waals surface area (Å²) in [5.74, 6) is -0.0989. The van der Waals surface area contributed by atoms with Crippen LogP contribution >= 0.6 is 11.6 Å². The summed E-state index contributed by atoms with van der Waals surface area (Å²) >= 11 is 6.34. The number of nitrogens with one attached hydrogen (secondary N) is 2. The van der Waals surface area contributed by atoms with Gasteiger partial charge in [0.1, 0.15) is 0 Å². The van der Waals surface area contributed by atoms with E-state index >= 15 is 0 Å². The van der Waals surface area contributed by atoms with E-state index in [-0.39, 0.29) is 11.9 Å². The quantitative estimate of drug-likeness (QED) is 0.815. The molecule has 1 amide bonds. The summed E-state index contributed by atoms with van der Waals surface area (Å²) in [6.07, 6.45) is 0.948. The van der Waals surface area contributed by atoms with E-state index in [1.165, 1.54) is 0 Å². The summed E-state index contributed by atoms with van der Waals surface area (Å²) in [5.41, 5.74) is 0.354. The molecule has 0 aliphatic carbocycles. The van der Waals surface area contributed by atoms with Crippen molar-refractivity contribution in [2.24, 2.45) is 0 Å². The molecule has 2 aliphatic heterocycles. The average molecular weight is 351 g/mol. The summed E-state index contributed by atoms with van der Waals surface area (Å²) in [6.45, 7) is 9.71. The molecule has 7 heteroatoms. The van der Waals surface area contributed by atoms with Crippen molar-refractivity contribution in [2.75, 3.05) is 13.1 Å². The van der Waals surface area contributed by atoms with Crippen LogP contribution in [0.3, 0.4) is 0 Å². The smallest absolute Gasteiger partial charge is 0.399 e. The van der Waals surface area contributed by atoms with E-state index in [0.717, 1.165) is 19.5 Å². The van der Waals surface area contributed by atoms with Gasteiger partial charge in [0.25, 0.3) is 5.91 Å². The van der Waals surface area contributed by atoms with Crippen molar-refractivity contribution in [1.82, 2.24) is 10.6 Å². The minimum absolute atomic E-state index is 0.0989. The summed E-state index contributed by atoms with van der Waals surface area (Å²) in [4.78, 5) is 12.5. The first-order valence-electron chi connectivity index (χ1n) is 8.36. The normalized spacial score (nSPS) is 25.0. The average Bonchev–Trinajstić information content (AvgIpc) is 3.05. The van der Waals surface area contributed by atoms with E-state index in [9.17, 15) is 4.79 Å². The highest BCUT2D eigenvalue weighted by atomic mass is 35.5.